The summed E-state index contributed by atoms with van der Waals surface area (Å²) in [5.41, 5.74) is 0. The zero-order valence-electron chi connectivity index (χ0n) is 3.83. The molecular formula is C3H8O4. The lowest BCUT2D eigenvalue weighted by Gasteiger charge is -1.91. The summed E-state index contributed by atoms with van der Waals surface area (Å²) in [6.45, 7) is 0.260. The molecule has 0 heterocycles. The van der Waals surface area contributed by atoms with Crippen molar-refractivity contribution in [2.75, 3.05) is 13.2 Å². The molecule has 7 heavy (non-hydrogen) atoms. The average Bonchev–Trinajstić information content (AvgIpc) is 1.69. The Bertz CT molecular complexity index is 26.1. The van der Waals surface area contributed by atoms with Crippen molar-refractivity contribution in [3.8, 4) is 0 Å². The van der Waals surface area contributed by atoms with Gasteiger partial charge in [-0.25, -0.2) is 10.1 Å². The van der Waals surface area contributed by atoms with Gasteiger partial charge in [-0.1, -0.05) is 5.04 Å². The zero-order chi connectivity index (χ0) is 5.54. The Morgan fingerprint density at radius 1 is 1.43 bits per heavy atom. The summed E-state index contributed by atoms with van der Waals surface area (Å²) >= 11 is 0. The van der Waals surface area contributed by atoms with Crippen molar-refractivity contribution in [2.45, 2.75) is 6.42 Å². The summed E-state index contributed by atoms with van der Waals surface area (Å²) in [5.74, 6) is 0. The van der Waals surface area contributed by atoms with Gasteiger partial charge >= 0.3 is 0 Å². The third-order valence-electron chi connectivity index (χ3n) is 0.438. The first-order chi connectivity index (χ1) is 3.41. The Morgan fingerprint density at radius 3 is 2.57 bits per heavy atom. The van der Waals surface area contributed by atoms with Crippen molar-refractivity contribution in [1.29, 1.82) is 0 Å². The van der Waals surface area contributed by atoms with Crippen LogP contribution >= 0.6 is 0 Å². The van der Waals surface area contributed by atoms with Gasteiger partial charge in [-0.05, 0) is 6.42 Å². The minimum atomic E-state index is 0.0450. The van der Waals surface area contributed by atoms with E-state index in [-0.39, 0.29) is 13.2 Å². The molecule has 0 bridgehead atoms. The van der Waals surface area contributed by atoms with Crippen molar-refractivity contribution >= 4 is 0 Å². The zero-order valence-corrected chi connectivity index (χ0v) is 3.83. The Kier molecular flexibility index (Phi) is 5.71. The van der Waals surface area contributed by atoms with Crippen molar-refractivity contribution < 1.29 is 20.3 Å². The van der Waals surface area contributed by atoms with Crippen molar-refractivity contribution in [3.63, 3.8) is 0 Å². The molecular weight excluding hydrogens is 100 g/mol. The van der Waals surface area contributed by atoms with Gasteiger partial charge in [0.05, 0.1) is 6.61 Å². The van der Waals surface area contributed by atoms with E-state index in [1.54, 1.807) is 0 Å². The Morgan fingerprint density at radius 2 is 2.14 bits per heavy atom. The lowest BCUT2D eigenvalue weighted by atomic mass is 10.5. The molecule has 4 nitrogen and oxygen atoms in total. The number of aliphatic hydroxyl groups is 1. The maximum absolute atomic E-state index is 8.08. The molecule has 0 saturated heterocycles. The van der Waals surface area contributed by atoms with Gasteiger partial charge in [-0.2, -0.15) is 0 Å². The van der Waals surface area contributed by atoms with Crippen LogP contribution in [-0.4, -0.2) is 23.6 Å². The summed E-state index contributed by atoms with van der Waals surface area (Å²) in [4.78, 5) is 3.97. The fraction of sp³-hybridized carbons (Fsp3) is 1.00. The van der Waals surface area contributed by atoms with E-state index in [1.807, 2.05) is 0 Å². The van der Waals surface area contributed by atoms with Crippen LogP contribution in [0.1, 0.15) is 6.42 Å². The minimum Gasteiger partial charge on any atom is -0.396 e. The first-order valence-electron chi connectivity index (χ1n) is 1.95. The third-order valence-corrected chi connectivity index (χ3v) is 0.438. The molecule has 44 valence electrons. The molecule has 0 aliphatic heterocycles. The van der Waals surface area contributed by atoms with E-state index in [2.05, 4.69) is 9.93 Å². The smallest absolute Gasteiger partial charge is 0.0875 e. The molecule has 0 aromatic rings. The quantitative estimate of drug-likeness (QED) is 0.297. The molecule has 0 aromatic heterocycles. The highest BCUT2D eigenvalue weighted by Crippen LogP contribution is 1.77. The largest absolute Gasteiger partial charge is 0.396 e. The second-order valence-electron chi connectivity index (χ2n) is 0.974. The van der Waals surface area contributed by atoms with Gasteiger partial charge in [0.2, 0.25) is 0 Å². The van der Waals surface area contributed by atoms with Gasteiger partial charge in [-0.3, -0.25) is 0 Å². The van der Waals surface area contributed by atoms with Gasteiger partial charge in [-0.15, -0.1) is 0 Å². The molecule has 4 heteroatoms. The van der Waals surface area contributed by atoms with E-state index < -0.39 is 0 Å². The summed E-state index contributed by atoms with van der Waals surface area (Å²) in [7, 11) is 0. The second kappa shape index (κ2) is 5.84. The van der Waals surface area contributed by atoms with Crippen molar-refractivity contribution in [3.05, 3.63) is 0 Å². The predicted molar refractivity (Wildman–Crippen MR) is 21.4 cm³/mol. The highest BCUT2D eigenvalue weighted by Gasteiger charge is 1.81. The van der Waals surface area contributed by atoms with Crippen LogP contribution in [0, 0.1) is 0 Å². The Labute approximate surface area is 41.1 Å². The minimum absolute atomic E-state index is 0.0450. The van der Waals surface area contributed by atoms with Gasteiger partial charge in [0.15, 0.2) is 0 Å². The standard InChI is InChI=1S/C3H8O4/c4-2-1-3-6-7-5/h4-5H,1-3H2. The first-order valence-corrected chi connectivity index (χ1v) is 1.95. The molecule has 0 aliphatic rings. The molecule has 2 N–H and O–H groups in total. The number of aliphatic hydroxyl groups excluding tert-OH is 1. The van der Waals surface area contributed by atoms with Crippen LogP contribution in [0.3, 0.4) is 0 Å². The molecule has 0 radical (unpaired) electrons. The molecule has 0 spiro atoms. The van der Waals surface area contributed by atoms with Gasteiger partial charge < -0.3 is 5.11 Å². The molecule has 0 atom stereocenters. The van der Waals surface area contributed by atoms with Crippen molar-refractivity contribution in [1.82, 2.24) is 0 Å². The van der Waals surface area contributed by atoms with Crippen LogP contribution in [0.25, 0.3) is 0 Å². The second-order valence-corrected chi connectivity index (χ2v) is 0.974. The summed E-state index contributed by atoms with van der Waals surface area (Å²) in [6, 6.07) is 0. The van der Waals surface area contributed by atoms with Gasteiger partial charge in [0.1, 0.15) is 0 Å². The van der Waals surface area contributed by atoms with E-state index in [0.29, 0.717) is 6.42 Å². The molecule has 0 aromatic carbocycles. The Balaban J connectivity index is 2.45. The monoisotopic (exact) mass is 108 g/mol. The summed E-state index contributed by atoms with van der Waals surface area (Å²) in [6.07, 6.45) is 0.473. The van der Waals surface area contributed by atoms with Crippen molar-refractivity contribution in [2.24, 2.45) is 0 Å². The molecule has 0 rings (SSSR count). The number of hydrogen-bond donors (Lipinski definition) is 2. The van der Waals surface area contributed by atoms with E-state index in [0.717, 1.165) is 0 Å². The van der Waals surface area contributed by atoms with E-state index in [9.17, 15) is 0 Å². The highest BCUT2D eigenvalue weighted by atomic mass is 17.5. The van der Waals surface area contributed by atoms with Gasteiger partial charge in [0.25, 0.3) is 0 Å². The maximum Gasteiger partial charge on any atom is 0.0875 e. The van der Waals surface area contributed by atoms with Crippen LogP contribution in [-0.2, 0) is 9.93 Å². The first kappa shape index (κ1) is 6.84. The molecule has 0 fully saturated rings. The predicted octanol–water partition coefficient (Wildman–Crippen LogP) is -0.210. The SMILES string of the molecule is OCCCOOO. The summed E-state index contributed by atoms with van der Waals surface area (Å²) < 4.78 is 0. The van der Waals surface area contributed by atoms with Crippen LogP contribution in [0.5, 0.6) is 0 Å². The van der Waals surface area contributed by atoms with Crippen LogP contribution in [0.2, 0.25) is 0 Å². The molecule has 0 unspecified atom stereocenters. The topological polar surface area (TPSA) is 58.9 Å². The number of rotatable bonds is 4. The average molecular weight is 108 g/mol. The molecule has 0 saturated carbocycles. The lowest BCUT2D eigenvalue weighted by Crippen LogP contribution is -1.94. The third kappa shape index (κ3) is 5.84. The van der Waals surface area contributed by atoms with E-state index >= 15 is 0 Å². The highest BCUT2D eigenvalue weighted by molar-refractivity contribution is 4.24. The van der Waals surface area contributed by atoms with E-state index in [1.165, 1.54) is 0 Å². The normalized spacial score (nSPS) is 9.43. The molecule has 0 amide bonds. The molecule has 0 aliphatic carbocycles. The Hall–Kier alpha value is -0.160. The van der Waals surface area contributed by atoms with Crippen LogP contribution in [0.4, 0.5) is 0 Å². The maximum atomic E-state index is 8.08. The van der Waals surface area contributed by atoms with Crippen LogP contribution in [0.15, 0.2) is 0 Å². The summed E-state index contributed by atoms with van der Waals surface area (Å²) in [5, 5.41) is 18.8. The lowest BCUT2D eigenvalue weighted by molar-refractivity contribution is -0.490. The van der Waals surface area contributed by atoms with Crippen LogP contribution < -0.4 is 0 Å². The fourth-order valence-electron chi connectivity index (χ4n) is 0.161. The fourth-order valence-corrected chi connectivity index (χ4v) is 0.161. The number of hydrogen-bond acceptors (Lipinski definition) is 4. The van der Waals surface area contributed by atoms with Gasteiger partial charge in [0, 0.05) is 6.61 Å². The van der Waals surface area contributed by atoms with E-state index in [4.69, 9.17) is 10.4 Å².